The van der Waals surface area contributed by atoms with E-state index in [-0.39, 0.29) is 56.8 Å². The van der Waals surface area contributed by atoms with Gasteiger partial charge >= 0.3 is 18.0 Å². The quantitative estimate of drug-likeness (QED) is 0.0542. The van der Waals surface area contributed by atoms with Gasteiger partial charge in [-0.25, -0.2) is 14.4 Å². The number of aromatic amines is 2. The number of ether oxygens (including phenoxy) is 3. The third-order valence-corrected chi connectivity index (χ3v) is 11.5. The summed E-state index contributed by atoms with van der Waals surface area (Å²) >= 11 is 1.66. The number of aromatic nitrogens is 4. The minimum atomic E-state index is -1.26. The Labute approximate surface area is 389 Å². The molecule has 4 heterocycles. The number of nitrogens with zero attached hydrogens (tertiary/aromatic N) is 4. The Balaban J connectivity index is 0.000000256. The predicted octanol–water partition coefficient (Wildman–Crippen LogP) is 2.88. The number of hydrogen-bond acceptors (Lipinski definition) is 17. The van der Waals surface area contributed by atoms with E-state index < -0.39 is 59.3 Å². The van der Waals surface area contributed by atoms with E-state index in [0.717, 1.165) is 62.7 Å². The van der Waals surface area contributed by atoms with Crippen LogP contribution in [0.3, 0.4) is 0 Å². The average molecular weight is 953 g/mol. The lowest BCUT2D eigenvalue weighted by Gasteiger charge is -2.21. The number of nitriles is 2. The van der Waals surface area contributed by atoms with Crippen LogP contribution in [0.5, 0.6) is 0 Å². The van der Waals surface area contributed by atoms with Gasteiger partial charge in [-0.3, -0.25) is 29.4 Å². The van der Waals surface area contributed by atoms with Crippen LogP contribution in [0.1, 0.15) is 81.7 Å². The van der Waals surface area contributed by atoms with Gasteiger partial charge in [-0.2, -0.15) is 20.7 Å². The van der Waals surface area contributed by atoms with E-state index in [1.165, 1.54) is 19.2 Å². The molecule has 0 spiro atoms. The second-order valence-electron chi connectivity index (χ2n) is 15.0. The van der Waals surface area contributed by atoms with Crippen LogP contribution >= 0.6 is 22.7 Å². The van der Waals surface area contributed by atoms with Crippen LogP contribution < -0.4 is 32.3 Å². The first-order valence-corrected chi connectivity index (χ1v) is 21.5. The maximum absolute atomic E-state index is 12.9. The van der Waals surface area contributed by atoms with E-state index >= 15 is 0 Å². The molecule has 2 aromatic carbocycles. The molecule has 2 atom stereocenters. The first-order valence-electron chi connectivity index (χ1n) is 19.9. The van der Waals surface area contributed by atoms with Gasteiger partial charge in [-0.1, -0.05) is 24.3 Å². The van der Waals surface area contributed by atoms with E-state index in [1.54, 1.807) is 33.2 Å². The summed E-state index contributed by atoms with van der Waals surface area (Å²) < 4.78 is 14.4. The number of hydrogen-bond donors (Lipinski definition) is 8. The number of esters is 2. The average Bonchev–Trinajstić information content (AvgIpc) is 4.16. The number of rotatable bonds is 15. The molecule has 0 radical (unpaired) electrons. The smallest absolute Gasteiger partial charge is 0.407 e. The van der Waals surface area contributed by atoms with Crippen molar-refractivity contribution < 1.29 is 47.8 Å². The number of benzene rings is 2. The van der Waals surface area contributed by atoms with Gasteiger partial charge in [0, 0.05) is 30.4 Å². The maximum atomic E-state index is 12.9. The largest absolute Gasteiger partial charge is 0.467 e. The van der Waals surface area contributed by atoms with Crippen LogP contribution in [0.15, 0.2) is 60.9 Å². The number of alkyl carbamates (subject to hydrolysis) is 1. The van der Waals surface area contributed by atoms with Gasteiger partial charge in [0.15, 0.2) is 0 Å². The Kier molecular flexibility index (Phi) is 16.8. The van der Waals surface area contributed by atoms with Crippen LogP contribution in [0, 0.1) is 22.7 Å². The molecule has 0 saturated heterocycles. The number of carbonyl (C=O) groups is 7. The van der Waals surface area contributed by atoms with Gasteiger partial charge in [-0.05, 0) is 56.2 Å². The van der Waals surface area contributed by atoms with Crippen molar-refractivity contribution in [2.75, 3.05) is 27.3 Å². The fourth-order valence-corrected chi connectivity index (χ4v) is 7.90. The van der Waals surface area contributed by atoms with E-state index in [0.29, 0.717) is 0 Å². The Bertz CT molecular complexity index is 2900. The Morgan fingerprint density at radius 2 is 1.15 bits per heavy atom. The highest BCUT2D eigenvalue weighted by Gasteiger charge is 2.28. The zero-order valence-electron chi connectivity index (χ0n) is 36.5. The SMILES string of the molecule is COC(=O)[C@H](CN)NC(=O)c1sc(C(=O)NCc2cccc3[nH]ncc23)cc1C#N.COC(=O)[C@H](CNC(=O)OC(C)(C)C)NC(=O)c1sc(C(=O)NCc2cccc3[nH]ncc23)cc1C#N. The molecular weight excluding hydrogens is 909 g/mol. The van der Waals surface area contributed by atoms with E-state index in [9.17, 15) is 44.1 Å². The van der Waals surface area contributed by atoms with Crippen molar-refractivity contribution in [3.8, 4) is 12.1 Å². The van der Waals surface area contributed by atoms with Gasteiger partial charge in [0.2, 0.25) is 0 Å². The van der Waals surface area contributed by atoms with Gasteiger partial charge in [0.1, 0.15) is 39.6 Å². The van der Waals surface area contributed by atoms with Gasteiger partial charge in [-0.15, -0.1) is 22.7 Å². The predicted molar refractivity (Wildman–Crippen MR) is 242 cm³/mol. The number of amides is 5. The third kappa shape index (κ3) is 13.0. The summed E-state index contributed by atoms with van der Waals surface area (Å²) in [5.41, 5.74) is 8.11. The lowest BCUT2D eigenvalue weighted by atomic mass is 10.1. The van der Waals surface area contributed by atoms with Crippen molar-refractivity contribution in [3.05, 3.63) is 103 Å². The van der Waals surface area contributed by atoms with Crippen LogP contribution in [-0.2, 0) is 36.9 Å². The molecular formula is C43H44N12O10S2. The van der Waals surface area contributed by atoms with E-state index in [4.69, 9.17) is 15.2 Å². The fraction of sp³-hybridized carbons (Fsp3) is 0.279. The molecule has 4 aromatic heterocycles. The highest BCUT2D eigenvalue weighted by Crippen LogP contribution is 2.25. The molecule has 67 heavy (non-hydrogen) atoms. The summed E-state index contributed by atoms with van der Waals surface area (Å²) in [4.78, 5) is 86.8. The van der Waals surface area contributed by atoms with Crippen LogP contribution in [0.2, 0.25) is 0 Å². The lowest BCUT2D eigenvalue weighted by molar-refractivity contribution is -0.143. The van der Waals surface area contributed by atoms with Gasteiger partial charge in [0.25, 0.3) is 23.6 Å². The van der Waals surface area contributed by atoms with Crippen molar-refractivity contribution in [3.63, 3.8) is 0 Å². The highest BCUT2D eigenvalue weighted by molar-refractivity contribution is 7.16. The molecule has 0 bridgehead atoms. The molecule has 6 aromatic rings. The van der Waals surface area contributed by atoms with Crippen molar-refractivity contribution in [2.24, 2.45) is 5.73 Å². The second-order valence-corrected chi connectivity index (χ2v) is 17.1. The number of methoxy groups -OCH3 is 2. The minimum absolute atomic E-state index is 0.0157. The van der Waals surface area contributed by atoms with Crippen molar-refractivity contribution in [1.82, 2.24) is 47.0 Å². The molecule has 24 heteroatoms. The fourth-order valence-electron chi connectivity index (χ4n) is 6.04. The van der Waals surface area contributed by atoms with Gasteiger partial charge in [0.05, 0.1) is 65.1 Å². The maximum Gasteiger partial charge on any atom is 0.407 e. The van der Waals surface area contributed by atoms with E-state index in [1.807, 2.05) is 48.5 Å². The number of carbonyl (C=O) groups excluding carboxylic acids is 7. The molecule has 0 unspecified atom stereocenters. The normalized spacial score (nSPS) is 11.6. The highest BCUT2D eigenvalue weighted by atomic mass is 32.1. The number of nitrogens with one attached hydrogen (secondary N) is 7. The van der Waals surface area contributed by atoms with E-state index in [2.05, 4.69) is 51.7 Å². The van der Waals surface area contributed by atoms with Gasteiger partial charge < -0.3 is 46.5 Å². The monoisotopic (exact) mass is 952 g/mol. The summed E-state index contributed by atoms with van der Waals surface area (Å²) in [6.07, 6.45) is 2.55. The van der Waals surface area contributed by atoms with Crippen molar-refractivity contribution in [1.29, 1.82) is 10.5 Å². The minimum Gasteiger partial charge on any atom is -0.467 e. The topological polar surface area (TPSA) is 338 Å². The number of H-pyrrole nitrogens is 2. The number of nitrogens with two attached hydrogens (primary N) is 1. The summed E-state index contributed by atoms with van der Waals surface area (Å²) in [6, 6.07) is 15.2. The molecule has 0 fully saturated rings. The first kappa shape index (κ1) is 49.8. The van der Waals surface area contributed by atoms with Crippen LogP contribution in [0.25, 0.3) is 21.8 Å². The summed E-state index contributed by atoms with van der Waals surface area (Å²) in [7, 11) is 2.31. The first-order chi connectivity index (χ1) is 32.0. The summed E-state index contributed by atoms with van der Waals surface area (Å²) in [5, 5.41) is 47.1. The van der Waals surface area contributed by atoms with Crippen LogP contribution in [0.4, 0.5) is 4.79 Å². The van der Waals surface area contributed by atoms with Crippen LogP contribution in [-0.4, -0.2) is 107 Å². The summed E-state index contributed by atoms with van der Waals surface area (Å²) in [5.74, 6) is -3.88. The molecule has 9 N–H and O–H groups in total. The molecule has 0 saturated carbocycles. The van der Waals surface area contributed by atoms with Crippen molar-refractivity contribution >= 4 is 86.1 Å². The number of fused-ring (bicyclic) bond motifs is 2. The molecule has 22 nitrogen and oxygen atoms in total. The molecule has 348 valence electrons. The summed E-state index contributed by atoms with van der Waals surface area (Å²) in [6.45, 7) is 5.01. The number of thiophene rings is 2. The van der Waals surface area contributed by atoms with Crippen molar-refractivity contribution in [2.45, 2.75) is 51.5 Å². The lowest BCUT2D eigenvalue weighted by Crippen LogP contribution is -2.49. The molecule has 5 amide bonds. The Morgan fingerprint density at radius 1 is 0.701 bits per heavy atom. The molecule has 0 aliphatic carbocycles. The molecule has 6 rings (SSSR count). The molecule has 0 aliphatic rings. The second kappa shape index (κ2) is 22.6. The Hall–Kier alpha value is -8.19. The molecule has 0 aliphatic heterocycles. The Morgan fingerprint density at radius 3 is 1.57 bits per heavy atom. The standard InChI is InChI=1S/C24H26N6O6S.C19H18N6O4S/c1-24(2,3)36-23(34)27-12-17(22(33)35-4)29-21(32)19-14(9-25)8-18(37-19)20(31)26-10-13-6-5-7-16-15(13)11-28-30-16;1-29-19(28)14(7-21)24-18(27)16-11(6-20)5-15(30-16)17(26)22-8-10-3-2-4-13-12(10)9-23-25-13/h5-8,11,17H,10,12H2,1-4H3,(H,26,31)(H,27,34)(H,28,30)(H,29,32);2-5,9,14H,7-8,21H2,1H3,(H,22,26)(H,23,25)(H,24,27)/t17-;14-/m00/s1. The zero-order chi connectivity index (χ0) is 48.8. The zero-order valence-corrected chi connectivity index (χ0v) is 38.2. The third-order valence-electron chi connectivity index (χ3n) is 9.26.